The monoisotopic (exact) mass is 1430 g/mol. The van der Waals surface area contributed by atoms with Gasteiger partial charge in [0.15, 0.2) is 18.7 Å². The van der Waals surface area contributed by atoms with Crippen LogP contribution in [0.5, 0.6) is 0 Å². The molecule has 3 aliphatic rings. The molecule has 2 aliphatic heterocycles. The summed E-state index contributed by atoms with van der Waals surface area (Å²) in [6, 6.07) is 0. The second kappa shape index (κ2) is 55.4. The van der Waals surface area contributed by atoms with E-state index in [1.54, 1.807) is 6.08 Å². The van der Waals surface area contributed by atoms with Crippen LogP contribution in [-0.4, -0.2) is 204 Å². The summed E-state index contributed by atoms with van der Waals surface area (Å²) in [5, 5.41) is 110. The number of hydrogen-bond donors (Lipinski definition) is 11. The van der Waals surface area contributed by atoms with Crippen LogP contribution in [0.1, 0.15) is 271 Å². The average Bonchev–Trinajstić information content (AvgIpc) is 0.762. The van der Waals surface area contributed by atoms with Crippen LogP contribution < -0.4 is 0 Å². The van der Waals surface area contributed by atoms with E-state index >= 15 is 0 Å². The fourth-order valence-electron chi connectivity index (χ4n) is 12.2. The molecule has 0 radical (unpaired) electrons. The highest BCUT2D eigenvalue weighted by molar-refractivity contribution is 7.47. The largest absolute Gasteiger partial charge is 0.472 e. The summed E-state index contributed by atoms with van der Waals surface area (Å²) in [4.78, 5) is 50.9. The Kier molecular flexibility index (Phi) is 50.5. The van der Waals surface area contributed by atoms with Gasteiger partial charge in [-0.1, -0.05) is 224 Å². The Hall–Kier alpha value is -3.08. The van der Waals surface area contributed by atoms with Gasteiger partial charge in [0.2, 0.25) is 0 Å². The Morgan fingerprint density at radius 1 is 0.414 bits per heavy atom. The third kappa shape index (κ3) is 38.5. The van der Waals surface area contributed by atoms with Crippen molar-refractivity contribution in [2.75, 3.05) is 26.4 Å². The molecule has 0 aromatic heterocycles. The quantitative estimate of drug-likeness (QED) is 0.00512. The van der Waals surface area contributed by atoms with E-state index in [0.29, 0.717) is 19.3 Å². The first-order chi connectivity index (χ1) is 47.8. The number of aliphatic hydroxyl groups is 10. The van der Waals surface area contributed by atoms with Crippen LogP contribution in [0.25, 0.3) is 0 Å². The number of allylic oxidation sites excluding steroid dienone is 7. The number of carbonyl (C=O) groups is 3. The van der Waals surface area contributed by atoms with Gasteiger partial charge in [-0.2, -0.15) is 0 Å². The van der Waals surface area contributed by atoms with Crippen LogP contribution in [0.4, 0.5) is 0 Å². The third-order valence-corrected chi connectivity index (χ3v) is 19.4. The van der Waals surface area contributed by atoms with E-state index in [2.05, 4.69) is 45.1 Å². The summed E-state index contributed by atoms with van der Waals surface area (Å²) in [5.41, 5.74) is 0. The number of unbranched alkanes of at least 4 members (excludes halogenated alkanes) is 32. The van der Waals surface area contributed by atoms with Crippen molar-refractivity contribution in [3.05, 3.63) is 48.6 Å². The van der Waals surface area contributed by atoms with E-state index in [-0.39, 0.29) is 12.8 Å². The van der Waals surface area contributed by atoms with E-state index in [1.165, 1.54) is 122 Å². The van der Waals surface area contributed by atoms with Gasteiger partial charge in [-0.3, -0.25) is 18.6 Å². The normalized spacial score (nSPS) is 27.7. The molecule has 25 heteroatoms. The van der Waals surface area contributed by atoms with Crippen LogP contribution in [0.2, 0.25) is 0 Å². The molecule has 0 amide bonds. The number of aliphatic hydroxyl groups excluding tert-OH is 10. The lowest BCUT2D eigenvalue weighted by Gasteiger charge is -2.49. The van der Waals surface area contributed by atoms with Crippen molar-refractivity contribution in [2.45, 2.75) is 375 Å². The average molecular weight is 1440 g/mol. The number of ether oxygens (including phenoxy) is 7. The highest BCUT2D eigenvalue weighted by Gasteiger charge is 2.58. The predicted octanol–water partition coefficient (Wildman–Crippen LogP) is 10.5. The first kappa shape index (κ1) is 90.1. The van der Waals surface area contributed by atoms with E-state index in [0.717, 1.165) is 109 Å². The van der Waals surface area contributed by atoms with Crippen LogP contribution in [0.15, 0.2) is 48.6 Å². The molecule has 11 N–H and O–H groups in total. The van der Waals surface area contributed by atoms with E-state index in [9.17, 15) is 74.9 Å². The van der Waals surface area contributed by atoms with Crippen LogP contribution in [0, 0.1) is 0 Å². The number of esters is 3. The van der Waals surface area contributed by atoms with Gasteiger partial charge in [0.25, 0.3) is 0 Å². The maximum Gasteiger partial charge on any atom is 0.472 e. The van der Waals surface area contributed by atoms with Gasteiger partial charge in [-0.15, -0.1) is 0 Å². The molecule has 3 fully saturated rings. The molecule has 0 aromatic carbocycles. The lowest BCUT2D eigenvalue weighted by molar-refractivity contribution is -0.360. The molecule has 0 bridgehead atoms. The molecular weight excluding hydrogens is 1300 g/mol. The molecule has 1 aliphatic carbocycles. The minimum absolute atomic E-state index is 0.0329. The SMILES string of the molecule is CCCCCC/C=C\CCCCCCCCCC(=O)OCC(COP(=O)(O)OC1C(OC2OC(CO)C(O)C(O)C2O)C(O)C(O)C(O)C1OC1OC(COC(=O)/C=C/C=C/CCCCCCCCCCCCC)C(O)C(O)C1O)OC(=O)CCCCC/C=C\CCCCCCCCC. The second-order valence-electron chi connectivity index (χ2n) is 27.1. The smallest absolute Gasteiger partial charge is 0.462 e. The fraction of sp³-hybridized carbons (Fsp3) is 0.851. The maximum atomic E-state index is 14.3. The maximum absolute atomic E-state index is 14.3. The molecular formula is C74H131O24P. The summed E-state index contributed by atoms with van der Waals surface area (Å²) in [6.45, 7) is 3.32. The highest BCUT2D eigenvalue weighted by Crippen LogP contribution is 2.49. The lowest BCUT2D eigenvalue weighted by atomic mass is 9.84. The first-order valence-corrected chi connectivity index (χ1v) is 39.5. The number of carbonyl (C=O) groups excluding carboxylic acids is 3. The van der Waals surface area contributed by atoms with Gasteiger partial charge < -0.3 is 89.1 Å². The summed E-state index contributed by atoms with van der Waals surface area (Å²) in [6.07, 6.45) is 19.5. The van der Waals surface area contributed by atoms with Crippen molar-refractivity contribution >= 4 is 25.7 Å². The zero-order valence-corrected chi connectivity index (χ0v) is 60.9. The van der Waals surface area contributed by atoms with E-state index in [1.807, 2.05) is 6.08 Å². The molecule has 18 unspecified atom stereocenters. The van der Waals surface area contributed by atoms with Gasteiger partial charge in [-0.05, 0) is 77.0 Å². The van der Waals surface area contributed by atoms with E-state index in [4.69, 9.17) is 42.2 Å². The summed E-state index contributed by atoms with van der Waals surface area (Å²) >= 11 is 0. The van der Waals surface area contributed by atoms with Crippen molar-refractivity contribution in [1.82, 2.24) is 0 Å². The molecule has 576 valence electrons. The Bertz CT molecular complexity index is 2240. The van der Waals surface area contributed by atoms with Crippen molar-refractivity contribution in [3.63, 3.8) is 0 Å². The Morgan fingerprint density at radius 2 is 0.788 bits per heavy atom. The number of phosphoric acid groups is 1. The van der Waals surface area contributed by atoms with Crippen LogP contribution in [0.3, 0.4) is 0 Å². The number of hydrogen-bond acceptors (Lipinski definition) is 23. The topological polar surface area (TPSA) is 374 Å². The molecule has 0 spiro atoms. The Balaban J connectivity index is 1.75. The molecule has 18 atom stereocenters. The Labute approximate surface area is 590 Å². The number of phosphoric ester groups is 1. The summed E-state index contributed by atoms with van der Waals surface area (Å²) in [7, 11) is -5.71. The first-order valence-electron chi connectivity index (χ1n) is 38.0. The molecule has 1 saturated carbocycles. The van der Waals surface area contributed by atoms with Crippen LogP contribution >= 0.6 is 7.82 Å². The third-order valence-electron chi connectivity index (χ3n) is 18.4. The fourth-order valence-corrected chi connectivity index (χ4v) is 13.2. The minimum atomic E-state index is -5.71. The zero-order valence-electron chi connectivity index (χ0n) is 60.0. The molecule has 99 heavy (non-hydrogen) atoms. The molecule has 3 rings (SSSR count). The van der Waals surface area contributed by atoms with E-state index < -0.39 is 156 Å². The van der Waals surface area contributed by atoms with Gasteiger partial charge in [0.1, 0.15) is 98.7 Å². The summed E-state index contributed by atoms with van der Waals surface area (Å²) < 4.78 is 64.8. The Morgan fingerprint density at radius 3 is 1.24 bits per heavy atom. The minimum Gasteiger partial charge on any atom is -0.462 e. The van der Waals surface area contributed by atoms with Crippen molar-refractivity contribution in [1.29, 1.82) is 0 Å². The van der Waals surface area contributed by atoms with Crippen LogP contribution in [-0.2, 0) is 61.2 Å². The second-order valence-corrected chi connectivity index (χ2v) is 28.5. The van der Waals surface area contributed by atoms with Crippen molar-refractivity contribution in [2.24, 2.45) is 0 Å². The van der Waals surface area contributed by atoms with Gasteiger partial charge in [0, 0.05) is 18.9 Å². The van der Waals surface area contributed by atoms with Gasteiger partial charge in [-0.25, -0.2) is 9.36 Å². The molecule has 24 nitrogen and oxygen atoms in total. The van der Waals surface area contributed by atoms with Crippen molar-refractivity contribution < 1.29 is 117 Å². The van der Waals surface area contributed by atoms with Crippen molar-refractivity contribution in [3.8, 4) is 0 Å². The molecule has 2 heterocycles. The number of rotatable bonds is 58. The highest BCUT2D eigenvalue weighted by atomic mass is 31.2. The zero-order chi connectivity index (χ0) is 72.5. The molecule has 2 saturated heterocycles. The standard InChI is InChI=1S/C74H131O24P/c1-4-7-10-13-16-19-22-25-28-31-33-36-39-42-45-48-58(76)90-52-55(93-60(78)50-47-44-41-38-35-30-27-24-21-18-15-12-9-6-3)53-92-99(88,89)98-72-70(96-73-68(86)63(81)61(79)56(51-75)94-73)66(84)65(83)67(85)71(72)97-74-69(87)64(82)62(80)57(95-74)54-91-59(77)49-46-43-40-37-34-32-29-26-23-20-17-14-11-8-5-2/h19,22,30,35,40,43,46,49,55-57,61-75,79-87H,4-18,20-21,23-29,31-34,36-39,41-42,44-45,47-48,50-54H2,1-3H3,(H,88,89)/b22-19-,35-30-,43-40+,49-46+. The van der Waals surface area contributed by atoms with Gasteiger partial charge in [0.05, 0.1) is 13.2 Å². The summed E-state index contributed by atoms with van der Waals surface area (Å²) in [5.74, 6) is -2.25. The van der Waals surface area contributed by atoms with Gasteiger partial charge >= 0.3 is 25.7 Å². The lowest BCUT2D eigenvalue weighted by Crippen LogP contribution is -2.69. The molecule has 0 aromatic rings. The predicted molar refractivity (Wildman–Crippen MR) is 374 cm³/mol.